The van der Waals surface area contributed by atoms with Crippen LogP contribution in [0.1, 0.15) is 63.8 Å². The van der Waals surface area contributed by atoms with Crippen LogP contribution in [0.4, 0.5) is 17.1 Å². The van der Waals surface area contributed by atoms with Gasteiger partial charge in [-0.3, -0.25) is 9.97 Å². The maximum absolute atomic E-state index is 5.06. The molecule has 57 heavy (non-hydrogen) atoms. The van der Waals surface area contributed by atoms with Crippen LogP contribution in [0.2, 0.25) is 0 Å². The van der Waals surface area contributed by atoms with Gasteiger partial charge in [-0.2, -0.15) is 0 Å². The molecule has 4 heteroatoms. The Kier molecular flexibility index (Phi) is 9.69. The maximum atomic E-state index is 5.06. The van der Waals surface area contributed by atoms with Crippen molar-refractivity contribution in [2.75, 3.05) is 4.90 Å². The maximum Gasteiger partial charge on any atom is 0.0709 e. The predicted octanol–water partition coefficient (Wildman–Crippen LogP) is 14.3. The van der Waals surface area contributed by atoms with Gasteiger partial charge in [0.25, 0.3) is 0 Å². The van der Waals surface area contributed by atoms with Crippen molar-refractivity contribution < 1.29 is 0 Å². The summed E-state index contributed by atoms with van der Waals surface area (Å²) in [6, 6.07) is 48.8. The second kappa shape index (κ2) is 14.7. The lowest BCUT2D eigenvalue weighted by molar-refractivity contribution is 0.590. The van der Waals surface area contributed by atoms with Gasteiger partial charge in [0.1, 0.15) is 0 Å². The van der Waals surface area contributed by atoms with Gasteiger partial charge >= 0.3 is 0 Å². The fraction of sp³-hybridized carbons (Fsp3) is 0.208. The van der Waals surface area contributed by atoms with Crippen molar-refractivity contribution in [3.8, 4) is 44.8 Å². The van der Waals surface area contributed by atoms with E-state index < -0.39 is 0 Å². The van der Waals surface area contributed by atoms with E-state index in [4.69, 9.17) is 9.97 Å². The Balaban J connectivity index is 1.38. The molecule has 0 aliphatic carbocycles. The highest BCUT2D eigenvalue weighted by molar-refractivity contribution is 5.90. The Morgan fingerprint density at radius 3 is 1.40 bits per heavy atom. The van der Waals surface area contributed by atoms with Crippen LogP contribution in [0.3, 0.4) is 0 Å². The first kappa shape index (κ1) is 37.7. The number of benzene rings is 5. The molecule has 8 aromatic rings. The van der Waals surface area contributed by atoms with E-state index in [9.17, 15) is 0 Å². The first-order chi connectivity index (χ1) is 27.2. The van der Waals surface area contributed by atoms with Crippen LogP contribution in [0.5, 0.6) is 0 Å². The highest BCUT2D eigenvalue weighted by Gasteiger charge is 2.24. The third-order valence-corrected chi connectivity index (χ3v) is 11.2. The van der Waals surface area contributed by atoms with Crippen molar-refractivity contribution in [2.24, 2.45) is 7.05 Å². The van der Waals surface area contributed by atoms with Crippen LogP contribution in [-0.2, 0) is 17.9 Å². The summed E-state index contributed by atoms with van der Waals surface area (Å²) in [7, 11) is 2.11. The smallest absolute Gasteiger partial charge is 0.0709 e. The average molecular weight is 745 g/mol. The number of fused-ring (bicyclic) bond motifs is 1. The molecule has 3 aromatic heterocycles. The summed E-state index contributed by atoms with van der Waals surface area (Å²) in [4.78, 5) is 12.5. The normalized spacial score (nSPS) is 11.9. The third-order valence-electron chi connectivity index (χ3n) is 11.2. The van der Waals surface area contributed by atoms with Gasteiger partial charge in [0.2, 0.25) is 0 Å². The highest BCUT2D eigenvalue weighted by Crippen LogP contribution is 2.44. The molecule has 5 aromatic carbocycles. The van der Waals surface area contributed by atoms with Gasteiger partial charge in [-0.15, -0.1) is 0 Å². The summed E-state index contributed by atoms with van der Waals surface area (Å²) in [6.07, 6.45) is 6.16. The van der Waals surface area contributed by atoms with E-state index in [-0.39, 0.29) is 10.8 Å². The Hall–Kier alpha value is -6.26. The van der Waals surface area contributed by atoms with E-state index in [1.54, 1.807) is 0 Å². The minimum Gasteiger partial charge on any atom is -0.351 e. The van der Waals surface area contributed by atoms with E-state index in [1.807, 2.05) is 12.4 Å². The molecule has 0 fully saturated rings. The SMILES string of the molecule is Cc1cnc(-c2cc(N(c3cc(-c4cc(-c5ccccc5)c(C)cn4)cc(C(C)(C)C)c3)c3ccc4c(ccn4C)c3)cc(C(C)(C)C)c2)cc1-c1ccccc1. The summed E-state index contributed by atoms with van der Waals surface area (Å²) in [5, 5.41) is 1.19. The van der Waals surface area contributed by atoms with Crippen molar-refractivity contribution in [2.45, 2.75) is 66.2 Å². The zero-order chi connectivity index (χ0) is 40.1. The van der Waals surface area contributed by atoms with Crippen LogP contribution in [0.25, 0.3) is 55.7 Å². The zero-order valence-electron chi connectivity index (χ0n) is 34.7. The first-order valence-electron chi connectivity index (χ1n) is 19.9. The molecule has 0 N–H and O–H groups in total. The number of nitrogens with zero attached hydrogens (tertiary/aromatic N) is 4. The number of anilines is 3. The largest absolute Gasteiger partial charge is 0.351 e. The number of rotatable bonds is 7. The van der Waals surface area contributed by atoms with Gasteiger partial charge in [0, 0.05) is 64.7 Å². The fourth-order valence-corrected chi connectivity index (χ4v) is 7.72. The molecule has 0 bridgehead atoms. The van der Waals surface area contributed by atoms with Crippen LogP contribution in [0.15, 0.2) is 152 Å². The Morgan fingerprint density at radius 1 is 0.474 bits per heavy atom. The molecule has 0 saturated carbocycles. The van der Waals surface area contributed by atoms with Gasteiger partial charge in [-0.05, 0) is 142 Å². The topological polar surface area (TPSA) is 34.0 Å². The number of hydrogen-bond acceptors (Lipinski definition) is 3. The van der Waals surface area contributed by atoms with E-state index >= 15 is 0 Å². The van der Waals surface area contributed by atoms with E-state index in [0.717, 1.165) is 50.7 Å². The van der Waals surface area contributed by atoms with Gasteiger partial charge < -0.3 is 9.47 Å². The molecule has 0 amide bonds. The van der Waals surface area contributed by atoms with Crippen molar-refractivity contribution >= 4 is 28.0 Å². The van der Waals surface area contributed by atoms with Gasteiger partial charge in [0.15, 0.2) is 0 Å². The number of pyridine rings is 2. The Morgan fingerprint density at radius 2 is 0.947 bits per heavy atom. The predicted molar refractivity (Wildman–Crippen MR) is 242 cm³/mol. The lowest BCUT2D eigenvalue weighted by Gasteiger charge is -2.31. The number of aromatic nitrogens is 3. The average Bonchev–Trinajstić information content (AvgIpc) is 3.57. The molecule has 0 saturated heterocycles. The molecule has 8 rings (SSSR count). The van der Waals surface area contributed by atoms with Crippen molar-refractivity contribution in [3.05, 3.63) is 174 Å². The molecule has 0 atom stereocenters. The molecule has 3 heterocycles. The van der Waals surface area contributed by atoms with Gasteiger partial charge in [-0.25, -0.2) is 0 Å². The van der Waals surface area contributed by atoms with E-state index in [0.29, 0.717) is 0 Å². The summed E-state index contributed by atoms with van der Waals surface area (Å²) >= 11 is 0. The minimum absolute atomic E-state index is 0.120. The van der Waals surface area contributed by atoms with Crippen LogP contribution >= 0.6 is 0 Å². The molecule has 0 unspecified atom stereocenters. The van der Waals surface area contributed by atoms with E-state index in [2.05, 4.69) is 212 Å². The lowest BCUT2D eigenvalue weighted by atomic mass is 9.84. The van der Waals surface area contributed by atoms with Crippen molar-refractivity contribution in [1.29, 1.82) is 0 Å². The van der Waals surface area contributed by atoms with Crippen molar-refractivity contribution in [3.63, 3.8) is 0 Å². The second-order valence-corrected chi connectivity index (χ2v) is 17.5. The van der Waals surface area contributed by atoms with Crippen LogP contribution in [0, 0.1) is 13.8 Å². The summed E-state index contributed by atoms with van der Waals surface area (Å²) in [5.41, 5.74) is 17.8. The fourth-order valence-electron chi connectivity index (χ4n) is 7.72. The quantitative estimate of drug-likeness (QED) is 0.163. The van der Waals surface area contributed by atoms with Crippen molar-refractivity contribution in [1.82, 2.24) is 14.5 Å². The molecular formula is C53H52N4. The van der Waals surface area contributed by atoms with E-state index in [1.165, 1.54) is 44.3 Å². The second-order valence-electron chi connectivity index (χ2n) is 17.5. The third kappa shape index (κ3) is 7.65. The zero-order valence-corrected chi connectivity index (χ0v) is 34.7. The number of hydrogen-bond donors (Lipinski definition) is 0. The Bertz CT molecular complexity index is 2580. The van der Waals surface area contributed by atoms with Crippen LogP contribution in [-0.4, -0.2) is 14.5 Å². The number of aryl methyl sites for hydroxylation is 3. The van der Waals surface area contributed by atoms with Gasteiger partial charge in [-0.1, -0.05) is 102 Å². The summed E-state index contributed by atoms with van der Waals surface area (Å²) in [5.74, 6) is 0. The molecule has 4 nitrogen and oxygen atoms in total. The minimum atomic E-state index is -0.120. The van der Waals surface area contributed by atoms with Gasteiger partial charge in [0.05, 0.1) is 11.4 Å². The Labute approximate surface area is 338 Å². The monoisotopic (exact) mass is 744 g/mol. The first-order valence-corrected chi connectivity index (χ1v) is 19.9. The highest BCUT2D eigenvalue weighted by atomic mass is 15.1. The molecule has 0 aliphatic heterocycles. The standard InChI is InChI=1S/C53H52N4/c1-35-33-54-49(31-47(35)37-16-12-10-13-17-37)40-24-42(52(3,4)5)29-45(27-40)57(44-20-21-51-39(26-44)22-23-56(51)9)46-28-41(25-43(30-46)53(6,7)8)50-32-48(36(2)34-55-50)38-18-14-11-15-19-38/h10-34H,1-9H3. The molecule has 0 radical (unpaired) electrons. The molecule has 0 aliphatic rings. The molecular weight excluding hydrogens is 693 g/mol. The van der Waals surface area contributed by atoms with Crippen LogP contribution < -0.4 is 4.90 Å². The summed E-state index contributed by atoms with van der Waals surface area (Å²) < 4.78 is 2.18. The molecule has 0 spiro atoms. The lowest BCUT2D eigenvalue weighted by Crippen LogP contribution is -2.17. The summed E-state index contributed by atoms with van der Waals surface area (Å²) in [6.45, 7) is 18.0. The molecule has 284 valence electrons.